The number of ether oxygens (including phenoxy) is 2. The fourth-order valence-electron chi connectivity index (χ4n) is 2.21. The van der Waals surface area contributed by atoms with Crippen LogP contribution in [0.15, 0.2) is 29.8 Å². The molecule has 0 aliphatic carbocycles. The Hall–Kier alpha value is -2.47. The third-order valence-electron chi connectivity index (χ3n) is 3.42. The average molecular weight is 317 g/mol. The van der Waals surface area contributed by atoms with E-state index < -0.39 is 0 Å². The molecule has 0 N–H and O–H groups in total. The first-order valence-electron chi connectivity index (χ1n) is 7.38. The van der Waals surface area contributed by atoms with Crippen LogP contribution in [0.5, 0.6) is 5.75 Å². The predicted molar refractivity (Wildman–Crippen MR) is 84.1 cm³/mol. The minimum atomic E-state index is -0.276. The van der Waals surface area contributed by atoms with Crippen molar-refractivity contribution in [2.45, 2.75) is 6.92 Å². The topological polar surface area (TPSA) is 72.9 Å². The van der Waals surface area contributed by atoms with E-state index in [-0.39, 0.29) is 23.9 Å². The minimum Gasteiger partial charge on any atom is -0.486 e. The van der Waals surface area contributed by atoms with Crippen molar-refractivity contribution in [1.82, 2.24) is 4.90 Å². The van der Waals surface area contributed by atoms with Crippen LogP contribution in [0.25, 0.3) is 6.08 Å². The molecule has 1 fully saturated rings. The number of carbonyl (C=O) groups excluding carboxylic acids is 3. The maximum Gasteiger partial charge on any atom is 0.257 e. The van der Waals surface area contributed by atoms with E-state index in [0.29, 0.717) is 38.3 Å². The van der Waals surface area contributed by atoms with Crippen LogP contribution in [-0.2, 0) is 19.1 Å². The van der Waals surface area contributed by atoms with Crippen LogP contribution in [0, 0.1) is 0 Å². The highest BCUT2D eigenvalue weighted by atomic mass is 16.5. The first kappa shape index (κ1) is 16.9. The van der Waals surface area contributed by atoms with E-state index in [2.05, 4.69) is 0 Å². The molecule has 6 heteroatoms. The molecule has 23 heavy (non-hydrogen) atoms. The molecule has 1 aromatic carbocycles. The number of Topliss-reactive ketones (excluding diaryl/α,β-unsaturated/α-hetero) is 1. The smallest absolute Gasteiger partial charge is 0.257 e. The lowest BCUT2D eigenvalue weighted by molar-refractivity contribution is -0.132. The summed E-state index contributed by atoms with van der Waals surface area (Å²) in [5, 5.41) is 0. The van der Waals surface area contributed by atoms with Gasteiger partial charge in [-0.1, -0.05) is 12.1 Å². The summed E-state index contributed by atoms with van der Waals surface area (Å²) in [6.07, 6.45) is 2.24. The summed E-state index contributed by atoms with van der Waals surface area (Å²) >= 11 is 0. The van der Waals surface area contributed by atoms with E-state index in [4.69, 9.17) is 9.47 Å². The largest absolute Gasteiger partial charge is 0.486 e. The number of ketones is 1. The summed E-state index contributed by atoms with van der Waals surface area (Å²) in [5.74, 6) is 0.00276. The molecule has 0 aromatic heterocycles. The van der Waals surface area contributed by atoms with Crippen molar-refractivity contribution in [1.29, 1.82) is 0 Å². The molecular weight excluding hydrogens is 298 g/mol. The van der Waals surface area contributed by atoms with Gasteiger partial charge in [0.2, 0.25) is 0 Å². The first-order chi connectivity index (χ1) is 11.1. The number of hydrogen-bond acceptors (Lipinski definition) is 5. The molecule has 0 unspecified atom stereocenters. The number of hydrogen-bond donors (Lipinski definition) is 0. The Kier molecular flexibility index (Phi) is 6.05. The maximum atomic E-state index is 12.5. The molecule has 1 heterocycles. The highest BCUT2D eigenvalue weighted by Crippen LogP contribution is 2.16. The Labute approximate surface area is 134 Å². The number of nitrogens with zero attached hydrogens (tertiary/aromatic N) is 1. The summed E-state index contributed by atoms with van der Waals surface area (Å²) in [5.41, 5.74) is 0.865. The van der Waals surface area contributed by atoms with Gasteiger partial charge in [0.25, 0.3) is 5.91 Å². The van der Waals surface area contributed by atoms with Gasteiger partial charge in [-0.2, -0.15) is 0 Å². The second-order valence-electron chi connectivity index (χ2n) is 5.07. The highest BCUT2D eigenvalue weighted by Gasteiger charge is 2.23. The zero-order valence-corrected chi connectivity index (χ0v) is 13.0. The van der Waals surface area contributed by atoms with Crippen molar-refractivity contribution in [3.63, 3.8) is 0 Å². The molecule has 0 atom stereocenters. The molecule has 6 nitrogen and oxygen atoms in total. The van der Waals surface area contributed by atoms with Crippen molar-refractivity contribution in [2.75, 3.05) is 32.9 Å². The Bertz CT molecular complexity index is 600. The molecule has 0 saturated carbocycles. The monoisotopic (exact) mass is 317 g/mol. The molecule has 1 aliphatic heterocycles. The lowest BCUT2D eigenvalue weighted by Gasteiger charge is -2.27. The molecule has 1 aromatic rings. The number of morpholine rings is 1. The minimum absolute atomic E-state index is 0.0105. The Balaban J connectivity index is 2.15. The van der Waals surface area contributed by atoms with Crippen LogP contribution in [0.3, 0.4) is 0 Å². The fourth-order valence-corrected chi connectivity index (χ4v) is 2.21. The molecule has 0 bridgehead atoms. The molecule has 1 saturated heterocycles. The van der Waals surface area contributed by atoms with Crippen LogP contribution in [0.1, 0.15) is 12.5 Å². The summed E-state index contributed by atoms with van der Waals surface area (Å²) in [7, 11) is 0. The maximum absolute atomic E-state index is 12.5. The zero-order valence-electron chi connectivity index (χ0n) is 13.0. The number of aldehydes is 1. The Morgan fingerprint density at radius 2 is 1.87 bits per heavy atom. The third-order valence-corrected chi connectivity index (χ3v) is 3.42. The molecule has 0 radical (unpaired) electrons. The zero-order chi connectivity index (χ0) is 16.7. The van der Waals surface area contributed by atoms with Crippen molar-refractivity contribution >= 4 is 24.1 Å². The van der Waals surface area contributed by atoms with Gasteiger partial charge < -0.3 is 14.4 Å². The standard InChI is InChI=1S/C17H19NO5/c1-13(20)16(17(21)18-6-9-22-10-7-18)12-14-2-4-15(5-3-14)23-11-8-19/h2-5,8,12H,6-7,9-11H2,1H3/b16-12+. The van der Waals surface area contributed by atoms with Crippen molar-refractivity contribution < 1.29 is 23.9 Å². The van der Waals surface area contributed by atoms with Gasteiger partial charge in [0.15, 0.2) is 12.1 Å². The normalized spacial score (nSPS) is 15.2. The number of rotatable bonds is 6. The second kappa shape index (κ2) is 8.24. The van der Waals surface area contributed by atoms with E-state index in [1.165, 1.54) is 6.92 Å². The summed E-state index contributed by atoms with van der Waals surface area (Å²) < 4.78 is 10.4. The predicted octanol–water partition coefficient (Wildman–Crippen LogP) is 1.10. The fraction of sp³-hybridized carbons (Fsp3) is 0.353. The van der Waals surface area contributed by atoms with E-state index in [9.17, 15) is 14.4 Å². The first-order valence-corrected chi connectivity index (χ1v) is 7.38. The van der Waals surface area contributed by atoms with E-state index >= 15 is 0 Å². The van der Waals surface area contributed by atoms with Gasteiger partial charge >= 0.3 is 0 Å². The summed E-state index contributed by atoms with van der Waals surface area (Å²) in [6, 6.07) is 6.84. The lowest BCUT2D eigenvalue weighted by Crippen LogP contribution is -2.42. The highest BCUT2D eigenvalue weighted by molar-refractivity contribution is 6.21. The van der Waals surface area contributed by atoms with Crippen LogP contribution in [0.4, 0.5) is 0 Å². The number of benzene rings is 1. The van der Waals surface area contributed by atoms with Gasteiger partial charge in [0.1, 0.15) is 12.4 Å². The van der Waals surface area contributed by atoms with Gasteiger partial charge in [-0.05, 0) is 30.7 Å². The second-order valence-corrected chi connectivity index (χ2v) is 5.07. The third kappa shape index (κ3) is 4.75. The average Bonchev–Trinajstić information content (AvgIpc) is 2.59. The van der Waals surface area contributed by atoms with Gasteiger partial charge in [-0.25, -0.2) is 0 Å². The molecule has 122 valence electrons. The van der Waals surface area contributed by atoms with Crippen molar-refractivity contribution in [3.8, 4) is 5.75 Å². The summed E-state index contributed by atoms with van der Waals surface area (Å²) in [4.78, 5) is 36.2. The molecule has 1 aliphatic rings. The van der Waals surface area contributed by atoms with E-state index in [1.54, 1.807) is 35.2 Å². The Morgan fingerprint density at radius 1 is 1.22 bits per heavy atom. The van der Waals surface area contributed by atoms with Crippen molar-refractivity contribution in [3.05, 3.63) is 35.4 Å². The van der Waals surface area contributed by atoms with Crippen LogP contribution < -0.4 is 4.74 Å². The quantitative estimate of drug-likeness (QED) is 0.340. The molecular formula is C17H19NO5. The van der Waals surface area contributed by atoms with Gasteiger partial charge in [0.05, 0.1) is 18.8 Å². The summed E-state index contributed by atoms with van der Waals surface area (Å²) in [6.45, 7) is 3.32. The van der Waals surface area contributed by atoms with Crippen LogP contribution >= 0.6 is 0 Å². The molecule has 1 amide bonds. The molecule has 2 rings (SSSR count). The SMILES string of the molecule is CC(=O)/C(=C\c1ccc(OCC=O)cc1)C(=O)N1CCOCC1. The van der Waals surface area contributed by atoms with Crippen molar-refractivity contribution in [2.24, 2.45) is 0 Å². The van der Waals surface area contributed by atoms with Gasteiger partial charge in [-0.15, -0.1) is 0 Å². The number of carbonyl (C=O) groups is 3. The van der Waals surface area contributed by atoms with Gasteiger partial charge in [0, 0.05) is 13.1 Å². The number of amides is 1. The van der Waals surface area contributed by atoms with E-state index in [1.807, 2.05) is 0 Å². The van der Waals surface area contributed by atoms with Crippen LogP contribution in [-0.4, -0.2) is 55.8 Å². The van der Waals surface area contributed by atoms with Crippen LogP contribution in [0.2, 0.25) is 0 Å². The molecule has 0 spiro atoms. The van der Waals surface area contributed by atoms with Gasteiger partial charge in [-0.3, -0.25) is 14.4 Å². The Morgan fingerprint density at radius 3 is 2.43 bits per heavy atom. The van der Waals surface area contributed by atoms with E-state index in [0.717, 1.165) is 5.56 Å². The lowest BCUT2D eigenvalue weighted by atomic mass is 10.1.